The molecule has 120 valence electrons. The van der Waals surface area contributed by atoms with E-state index < -0.39 is 5.92 Å². The molecule has 4 nitrogen and oxygen atoms in total. The molecule has 1 saturated carbocycles. The monoisotopic (exact) mass is 304 g/mol. The molecule has 0 aromatic heterocycles. The Morgan fingerprint density at radius 3 is 2.18 bits per heavy atom. The fourth-order valence-corrected chi connectivity index (χ4v) is 3.34. The van der Waals surface area contributed by atoms with Gasteiger partial charge in [-0.15, -0.1) is 0 Å². The van der Waals surface area contributed by atoms with Crippen molar-refractivity contribution in [3.8, 4) is 0 Å². The molecule has 1 fully saturated rings. The van der Waals surface area contributed by atoms with Gasteiger partial charge < -0.3 is 9.47 Å². The minimum Gasteiger partial charge on any atom is -0.469 e. The fraction of sp³-hybridized carbons (Fsp3) is 0.556. The Labute approximate surface area is 131 Å². The zero-order chi connectivity index (χ0) is 16.3. The number of carbonyl (C=O) groups excluding carboxylic acids is 2. The summed E-state index contributed by atoms with van der Waals surface area (Å²) in [7, 11) is 2.74. The number of hydrogen-bond donors (Lipinski definition) is 0. The van der Waals surface area contributed by atoms with Crippen LogP contribution in [0.1, 0.15) is 41.9 Å². The first-order valence-corrected chi connectivity index (χ1v) is 7.70. The van der Waals surface area contributed by atoms with Crippen LogP contribution in [0, 0.1) is 25.7 Å². The van der Waals surface area contributed by atoms with E-state index in [1.165, 1.54) is 30.9 Å². The van der Waals surface area contributed by atoms with Crippen molar-refractivity contribution in [2.75, 3.05) is 14.2 Å². The molecule has 1 aliphatic rings. The summed E-state index contributed by atoms with van der Waals surface area (Å²) in [4.78, 5) is 24.0. The Morgan fingerprint density at radius 2 is 1.59 bits per heavy atom. The number of carbonyl (C=O) groups is 2. The van der Waals surface area contributed by atoms with E-state index in [4.69, 9.17) is 9.47 Å². The van der Waals surface area contributed by atoms with Crippen LogP contribution in [-0.2, 0) is 19.1 Å². The summed E-state index contributed by atoms with van der Waals surface area (Å²) < 4.78 is 9.74. The van der Waals surface area contributed by atoms with Gasteiger partial charge in [-0.2, -0.15) is 0 Å². The molecule has 3 unspecified atom stereocenters. The van der Waals surface area contributed by atoms with E-state index in [9.17, 15) is 9.59 Å². The Hall–Kier alpha value is -1.84. The van der Waals surface area contributed by atoms with E-state index in [2.05, 4.69) is 32.0 Å². The molecule has 1 aromatic carbocycles. The molecule has 0 bridgehead atoms. The molecule has 2 rings (SSSR count). The van der Waals surface area contributed by atoms with Gasteiger partial charge >= 0.3 is 11.9 Å². The highest BCUT2D eigenvalue weighted by molar-refractivity contribution is 5.82. The summed E-state index contributed by atoms with van der Waals surface area (Å²) in [5, 5.41) is 0. The molecule has 4 heteroatoms. The summed E-state index contributed by atoms with van der Waals surface area (Å²) in [5.74, 6) is -1.15. The molecule has 0 spiro atoms. The maximum atomic E-state index is 12.1. The number of hydrogen-bond acceptors (Lipinski definition) is 4. The summed E-state index contributed by atoms with van der Waals surface area (Å²) in [5.41, 5.74) is 3.75. The highest BCUT2D eigenvalue weighted by atomic mass is 16.5. The smallest absolute Gasteiger partial charge is 0.309 e. The molecule has 22 heavy (non-hydrogen) atoms. The molecule has 1 aliphatic carbocycles. The van der Waals surface area contributed by atoms with E-state index in [-0.39, 0.29) is 23.8 Å². The maximum Gasteiger partial charge on any atom is 0.309 e. The average Bonchev–Trinajstić information content (AvgIpc) is 2.55. The van der Waals surface area contributed by atoms with Crippen LogP contribution in [0.4, 0.5) is 0 Å². The Morgan fingerprint density at radius 1 is 0.955 bits per heavy atom. The van der Waals surface area contributed by atoms with Crippen LogP contribution in [0.15, 0.2) is 18.2 Å². The van der Waals surface area contributed by atoms with E-state index >= 15 is 0 Å². The first-order chi connectivity index (χ1) is 10.5. The van der Waals surface area contributed by atoms with E-state index in [1.54, 1.807) is 0 Å². The molecule has 1 aromatic rings. The Kier molecular flexibility index (Phi) is 5.22. The quantitative estimate of drug-likeness (QED) is 0.805. The maximum absolute atomic E-state index is 12.1. The van der Waals surface area contributed by atoms with E-state index in [0.717, 1.165) is 6.42 Å². The van der Waals surface area contributed by atoms with Crippen molar-refractivity contribution < 1.29 is 19.1 Å². The van der Waals surface area contributed by atoms with Gasteiger partial charge in [-0.25, -0.2) is 0 Å². The standard InChI is InChI=1S/C18H24O4/c1-11-5-6-13(9-12(11)2)14-7-8-15(17(19)21-3)16(10-14)18(20)22-4/h5-6,9,14-16H,7-8,10H2,1-4H3. The molecule has 0 N–H and O–H groups in total. The van der Waals surface area contributed by atoms with Crippen LogP contribution in [0.2, 0.25) is 0 Å². The Bertz CT molecular complexity index is 564. The van der Waals surface area contributed by atoms with Crippen molar-refractivity contribution in [3.63, 3.8) is 0 Å². The first-order valence-electron chi connectivity index (χ1n) is 7.70. The summed E-state index contributed by atoms with van der Waals surface area (Å²) in [6, 6.07) is 6.43. The first kappa shape index (κ1) is 16.5. The molecule has 0 amide bonds. The minimum atomic E-state index is -0.419. The van der Waals surface area contributed by atoms with Crippen molar-refractivity contribution in [1.29, 1.82) is 0 Å². The highest BCUT2D eigenvalue weighted by Crippen LogP contribution is 2.41. The molecule has 3 atom stereocenters. The lowest BCUT2D eigenvalue weighted by molar-refractivity contribution is -0.159. The second kappa shape index (κ2) is 6.95. The number of ether oxygens (including phenoxy) is 2. The van der Waals surface area contributed by atoms with Crippen LogP contribution >= 0.6 is 0 Å². The number of aryl methyl sites for hydroxylation is 2. The predicted molar refractivity (Wildman–Crippen MR) is 83.5 cm³/mol. The number of methoxy groups -OCH3 is 2. The Balaban J connectivity index is 2.22. The van der Waals surface area contributed by atoms with Crippen molar-refractivity contribution in [3.05, 3.63) is 34.9 Å². The average molecular weight is 304 g/mol. The van der Waals surface area contributed by atoms with Gasteiger partial charge in [-0.1, -0.05) is 18.2 Å². The molecular weight excluding hydrogens is 280 g/mol. The van der Waals surface area contributed by atoms with Crippen LogP contribution < -0.4 is 0 Å². The van der Waals surface area contributed by atoms with E-state index in [1.807, 2.05) is 0 Å². The minimum absolute atomic E-state index is 0.282. The number of rotatable bonds is 3. The number of esters is 2. The van der Waals surface area contributed by atoms with Gasteiger partial charge in [0.25, 0.3) is 0 Å². The van der Waals surface area contributed by atoms with Gasteiger partial charge in [-0.3, -0.25) is 9.59 Å². The third kappa shape index (κ3) is 3.32. The molecule has 0 heterocycles. The van der Waals surface area contributed by atoms with Crippen LogP contribution in [0.3, 0.4) is 0 Å². The van der Waals surface area contributed by atoms with E-state index in [0.29, 0.717) is 12.8 Å². The SMILES string of the molecule is COC(=O)C1CCC(c2ccc(C)c(C)c2)CC1C(=O)OC. The third-order valence-electron chi connectivity index (χ3n) is 4.86. The zero-order valence-electron chi connectivity index (χ0n) is 13.7. The fourth-order valence-electron chi connectivity index (χ4n) is 3.34. The second-order valence-electron chi connectivity index (χ2n) is 6.11. The molecular formula is C18H24O4. The second-order valence-corrected chi connectivity index (χ2v) is 6.11. The van der Waals surface area contributed by atoms with Gasteiger partial charge in [0.15, 0.2) is 0 Å². The molecule has 0 aliphatic heterocycles. The molecule has 0 saturated heterocycles. The third-order valence-corrected chi connectivity index (χ3v) is 4.86. The van der Waals surface area contributed by atoms with Crippen molar-refractivity contribution >= 4 is 11.9 Å². The van der Waals surface area contributed by atoms with Crippen LogP contribution in [-0.4, -0.2) is 26.2 Å². The predicted octanol–water partition coefficient (Wildman–Crippen LogP) is 3.15. The number of benzene rings is 1. The summed E-state index contributed by atoms with van der Waals surface area (Å²) in [6.07, 6.45) is 2.18. The topological polar surface area (TPSA) is 52.6 Å². The van der Waals surface area contributed by atoms with Crippen molar-refractivity contribution in [1.82, 2.24) is 0 Å². The zero-order valence-corrected chi connectivity index (χ0v) is 13.7. The van der Waals surface area contributed by atoms with Gasteiger partial charge in [-0.05, 0) is 55.7 Å². The lowest BCUT2D eigenvalue weighted by atomic mass is 9.71. The normalized spacial score (nSPS) is 24.6. The van der Waals surface area contributed by atoms with Crippen molar-refractivity contribution in [2.24, 2.45) is 11.8 Å². The van der Waals surface area contributed by atoms with Gasteiger partial charge in [0.1, 0.15) is 0 Å². The highest BCUT2D eigenvalue weighted by Gasteiger charge is 2.41. The van der Waals surface area contributed by atoms with Crippen molar-refractivity contribution in [2.45, 2.75) is 39.0 Å². The van der Waals surface area contributed by atoms with Gasteiger partial charge in [0.2, 0.25) is 0 Å². The summed E-state index contributed by atoms with van der Waals surface area (Å²) in [6.45, 7) is 4.18. The molecule has 0 radical (unpaired) electrons. The van der Waals surface area contributed by atoms with Crippen LogP contribution in [0.5, 0.6) is 0 Å². The lowest BCUT2D eigenvalue weighted by Crippen LogP contribution is -2.36. The van der Waals surface area contributed by atoms with Gasteiger partial charge in [0.05, 0.1) is 26.1 Å². The van der Waals surface area contributed by atoms with Crippen LogP contribution in [0.25, 0.3) is 0 Å². The van der Waals surface area contributed by atoms with Gasteiger partial charge in [0, 0.05) is 0 Å². The summed E-state index contributed by atoms with van der Waals surface area (Å²) >= 11 is 0. The largest absolute Gasteiger partial charge is 0.469 e. The lowest BCUT2D eigenvalue weighted by Gasteiger charge is -2.33.